The largest absolute Gasteiger partial charge is 0.465 e. The summed E-state index contributed by atoms with van der Waals surface area (Å²) in [6.45, 7) is 11.9. The Morgan fingerprint density at radius 3 is 2.62 bits per heavy atom. The number of aryl methyl sites for hydroxylation is 2. The number of nitrogens with zero attached hydrogens (tertiary/aromatic N) is 2. The maximum Gasteiger partial charge on any atom is 0.310 e. The molecule has 0 aliphatic carbocycles. The van der Waals surface area contributed by atoms with Crippen molar-refractivity contribution in [2.45, 2.75) is 62.0 Å². The lowest BCUT2D eigenvalue weighted by Gasteiger charge is -2.37. The van der Waals surface area contributed by atoms with Crippen molar-refractivity contribution >= 4 is 35.2 Å². The standard InChI is InChI=1S/C29H38N2O5S/c1-5-7-8-9-18-36-28(35)22-21-13-14-29(37-21)23(22)26(33)31(16-17-32)25(29)27(34)30(15-6-2)24-19(3)11-10-12-20(24)4/h5-6,10-12,21-23,25,32H,1-2,7-9,13-18H2,3-4H3/t21-,22+,23+,25?,29?/m1/s1. The van der Waals surface area contributed by atoms with Crippen LogP contribution in [0.15, 0.2) is 43.5 Å². The van der Waals surface area contributed by atoms with E-state index in [0.717, 1.165) is 42.5 Å². The fourth-order valence-corrected chi connectivity index (χ4v) is 8.71. The third-order valence-electron chi connectivity index (χ3n) is 7.98. The number of β-amino-alcohol motifs (C(OH)–C–C–N with tert-alkyl or cyclic N) is 1. The fourth-order valence-electron chi connectivity index (χ4n) is 6.51. The molecule has 1 aromatic carbocycles. The van der Waals surface area contributed by atoms with Gasteiger partial charge in [-0.25, -0.2) is 0 Å². The van der Waals surface area contributed by atoms with E-state index in [1.165, 1.54) is 4.90 Å². The number of aliphatic hydroxyl groups is 1. The number of rotatable bonds is 12. The van der Waals surface area contributed by atoms with Gasteiger partial charge in [-0.2, -0.15) is 0 Å². The second-order valence-corrected chi connectivity index (χ2v) is 11.8. The van der Waals surface area contributed by atoms with Gasteiger partial charge >= 0.3 is 5.97 Å². The van der Waals surface area contributed by atoms with Crippen molar-refractivity contribution < 1.29 is 24.2 Å². The number of anilines is 1. The molecule has 1 N–H and O–H groups in total. The molecule has 3 saturated heterocycles. The Labute approximate surface area is 223 Å². The van der Waals surface area contributed by atoms with Crippen LogP contribution in [0.25, 0.3) is 0 Å². The Kier molecular flexibility index (Phi) is 8.49. The van der Waals surface area contributed by atoms with Gasteiger partial charge in [-0.05, 0) is 57.1 Å². The minimum absolute atomic E-state index is 0.0470. The molecule has 3 fully saturated rings. The normalized spacial score (nSPS) is 27.8. The molecule has 37 heavy (non-hydrogen) atoms. The van der Waals surface area contributed by atoms with Gasteiger partial charge in [-0.1, -0.05) is 30.4 Å². The van der Waals surface area contributed by atoms with Crippen molar-refractivity contribution in [1.29, 1.82) is 0 Å². The molecular formula is C29H38N2O5S. The number of likely N-dealkylation sites (tertiary alicyclic amines) is 1. The van der Waals surface area contributed by atoms with Gasteiger partial charge < -0.3 is 19.6 Å². The van der Waals surface area contributed by atoms with Gasteiger partial charge in [0.1, 0.15) is 6.04 Å². The molecule has 5 atom stereocenters. The molecular weight excluding hydrogens is 488 g/mol. The lowest BCUT2D eigenvalue weighted by atomic mass is 9.71. The van der Waals surface area contributed by atoms with Gasteiger partial charge in [0.05, 0.1) is 29.8 Å². The summed E-state index contributed by atoms with van der Waals surface area (Å²) in [4.78, 5) is 44.8. The van der Waals surface area contributed by atoms with Crippen LogP contribution in [0, 0.1) is 25.7 Å². The third kappa shape index (κ3) is 4.74. The number of carbonyl (C=O) groups is 3. The summed E-state index contributed by atoms with van der Waals surface area (Å²) in [7, 11) is 0. The van der Waals surface area contributed by atoms with Crippen LogP contribution < -0.4 is 4.90 Å². The number of amides is 2. The molecule has 2 bridgehead atoms. The molecule has 3 aliphatic rings. The number of ether oxygens (including phenoxy) is 1. The molecule has 0 saturated carbocycles. The Bertz CT molecular complexity index is 1050. The summed E-state index contributed by atoms with van der Waals surface area (Å²) in [5.41, 5.74) is 2.74. The van der Waals surface area contributed by atoms with Crippen LogP contribution in [0.2, 0.25) is 0 Å². The van der Waals surface area contributed by atoms with Crippen LogP contribution in [-0.2, 0) is 19.1 Å². The Morgan fingerprint density at radius 1 is 1.24 bits per heavy atom. The molecule has 0 radical (unpaired) electrons. The highest BCUT2D eigenvalue weighted by Gasteiger charge is 2.74. The second-order valence-electron chi connectivity index (χ2n) is 10.2. The molecule has 4 rings (SSSR count). The molecule has 200 valence electrons. The highest BCUT2D eigenvalue weighted by atomic mass is 32.2. The molecule has 3 heterocycles. The summed E-state index contributed by atoms with van der Waals surface area (Å²) in [6.07, 6.45) is 7.47. The summed E-state index contributed by atoms with van der Waals surface area (Å²) in [5, 5.41) is 9.80. The number of hydrogen-bond acceptors (Lipinski definition) is 6. The van der Waals surface area contributed by atoms with Gasteiger partial charge in [0.2, 0.25) is 5.91 Å². The third-order valence-corrected chi connectivity index (χ3v) is 9.93. The lowest BCUT2D eigenvalue weighted by Crippen LogP contribution is -2.55. The first-order chi connectivity index (χ1) is 17.8. The van der Waals surface area contributed by atoms with Crippen molar-refractivity contribution in [2.75, 3.05) is 31.2 Å². The van der Waals surface area contributed by atoms with Crippen molar-refractivity contribution in [3.63, 3.8) is 0 Å². The number of fused-ring (bicyclic) bond motifs is 1. The van der Waals surface area contributed by atoms with Crippen LogP contribution in [0.1, 0.15) is 43.2 Å². The number of para-hydroxylation sites is 1. The summed E-state index contributed by atoms with van der Waals surface area (Å²) in [5.74, 6) is -1.95. The number of benzene rings is 1. The monoisotopic (exact) mass is 526 g/mol. The maximum atomic E-state index is 14.4. The molecule has 2 unspecified atom stereocenters. The average molecular weight is 527 g/mol. The van der Waals surface area contributed by atoms with E-state index in [-0.39, 0.29) is 36.2 Å². The summed E-state index contributed by atoms with van der Waals surface area (Å²) >= 11 is 1.61. The van der Waals surface area contributed by atoms with E-state index in [9.17, 15) is 19.5 Å². The number of hydrogen-bond donors (Lipinski definition) is 1. The van der Waals surface area contributed by atoms with E-state index in [4.69, 9.17) is 4.74 Å². The zero-order chi connectivity index (χ0) is 26.7. The van der Waals surface area contributed by atoms with Crippen molar-refractivity contribution in [3.8, 4) is 0 Å². The van der Waals surface area contributed by atoms with E-state index in [2.05, 4.69) is 13.2 Å². The molecule has 3 aliphatic heterocycles. The number of unbranched alkanes of at least 4 members (excludes halogenated alkanes) is 2. The van der Waals surface area contributed by atoms with E-state index >= 15 is 0 Å². The highest BCUT2D eigenvalue weighted by Crippen LogP contribution is 2.66. The first kappa shape index (κ1) is 27.5. The molecule has 2 amide bonds. The average Bonchev–Trinajstić information content (AvgIpc) is 3.51. The van der Waals surface area contributed by atoms with E-state index in [1.807, 2.05) is 38.1 Å². The zero-order valence-electron chi connectivity index (χ0n) is 21.9. The van der Waals surface area contributed by atoms with Crippen molar-refractivity contribution in [2.24, 2.45) is 11.8 Å². The molecule has 7 nitrogen and oxygen atoms in total. The van der Waals surface area contributed by atoms with Gasteiger partial charge in [-0.15, -0.1) is 24.9 Å². The Hall–Kier alpha value is -2.58. The van der Waals surface area contributed by atoms with Gasteiger partial charge in [0.25, 0.3) is 5.91 Å². The van der Waals surface area contributed by atoms with E-state index in [0.29, 0.717) is 19.6 Å². The number of thioether (sulfide) groups is 1. The van der Waals surface area contributed by atoms with Crippen LogP contribution in [-0.4, -0.2) is 70.1 Å². The predicted molar refractivity (Wildman–Crippen MR) is 146 cm³/mol. The number of aliphatic hydroxyl groups excluding tert-OH is 1. The van der Waals surface area contributed by atoms with Crippen LogP contribution >= 0.6 is 11.8 Å². The van der Waals surface area contributed by atoms with Gasteiger partial charge in [-0.3, -0.25) is 14.4 Å². The summed E-state index contributed by atoms with van der Waals surface area (Å²) in [6, 6.07) is 5.12. The molecule has 8 heteroatoms. The minimum atomic E-state index is -0.767. The highest BCUT2D eigenvalue weighted by molar-refractivity contribution is 8.02. The quantitative estimate of drug-likeness (QED) is 0.253. The SMILES string of the molecule is C=CCCCCOC(=O)[C@@H]1[C@H]2C(=O)N(CCO)C(C(=O)N(CC=C)c3c(C)cccc3C)C23CC[C@H]1S3. The summed E-state index contributed by atoms with van der Waals surface area (Å²) < 4.78 is 4.93. The Balaban J connectivity index is 1.67. The predicted octanol–water partition coefficient (Wildman–Crippen LogP) is 3.81. The van der Waals surface area contributed by atoms with E-state index < -0.39 is 22.6 Å². The zero-order valence-corrected chi connectivity index (χ0v) is 22.7. The second kappa shape index (κ2) is 11.4. The fraction of sp³-hybridized carbons (Fsp3) is 0.552. The van der Waals surface area contributed by atoms with Crippen LogP contribution in [0.5, 0.6) is 0 Å². The topological polar surface area (TPSA) is 87.1 Å². The minimum Gasteiger partial charge on any atom is -0.465 e. The van der Waals surface area contributed by atoms with E-state index in [1.54, 1.807) is 22.7 Å². The lowest BCUT2D eigenvalue weighted by molar-refractivity contribution is -0.154. The molecule has 1 aromatic rings. The molecule has 0 aromatic heterocycles. The number of allylic oxidation sites excluding steroid dienone is 1. The first-order valence-corrected chi connectivity index (χ1v) is 14.1. The molecule has 1 spiro atoms. The van der Waals surface area contributed by atoms with Crippen LogP contribution in [0.3, 0.4) is 0 Å². The number of esters is 1. The first-order valence-electron chi connectivity index (χ1n) is 13.2. The van der Waals surface area contributed by atoms with Gasteiger partial charge in [0.15, 0.2) is 0 Å². The Morgan fingerprint density at radius 2 is 1.97 bits per heavy atom. The smallest absolute Gasteiger partial charge is 0.310 e. The van der Waals surface area contributed by atoms with Gasteiger partial charge in [0, 0.05) is 24.0 Å². The van der Waals surface area contributed by atoms with Crippen LogP contribution in [0.4, 0.5) is 5.69 Å². The van der Waals surface area contributed by atoms with Crippen molar-refractivity contribution in [1.82, 2.24) is 4.90 Å². The number of carbonyl (C=O) groups excluding carboxylic acids is 3. The van der Waals surface area contributed by atoms with Crippen molar-refractivity contribution in [3.05, 3.63) is 54.6 Å². The maximum absolute atomic E-state index is 14.4.